The van der Waals surface area contributed by atoms with Gasteiger partial charge in [0.2, 0.25) is 11.5 Å². The number of nitrogens with zero attached hydrogens (tertiary/aromatic N) is 5. The number of hydrogen-bond donors (Lipinski definition) is 2. The van der Waals surface area contributed by atoms with Crippen molar-refractivity contribution in [3.8, 4) is 11.1 Å². The van der Waals surface area contributed by atoms with Crippen LogP contribution in [0.25, 0.3) is 11.1 Å². The number of pyridine rings is 1. The summed E-state index contributed by atoms with van der Waals surface area (Å²) in [4.78, 5) is 41.4. The van der Waals surface area contributed by atoms with E-state index in [9.17, 15) is 18.4 Å². The summed E-state index contributed by atoms with van der Waals surface area (Å²) >= 11 is 0. The van der Waals surface area contributed by atoms with Crippen LogP contribution in [0.2, 0.25) is 0 Å². The second kappa shape index (κ2) is 12.1. The summed E-state index contributed by atoms with van der Waals surface area (Å²) in [6.45, 7) is 6.87. The Kier molecular flexibility index (Phi) is 8.45. The average Bonchev–Trinajstić information content (AvgIpc) is 2.96. The Morgan fingerprint density at radius 1 is 1.10 bits per heavy atom. The molecule has 2 aromatic heterocycles. The van der Waals surface area contributed by atoms with Crippen LogP contribution in [-0.4, -0.2) is 84.3 Å². The van der Waals surface area contributed by atoms with Gasteiger partial charge in [0.15, 0.2) is 5.82 Å². The third-order valence-corrected chi connectivity index (χ3v) is 7.62. The number of morpholine rings is 1. The quantitative estimate of drug-likeness (QED) is 0.420. The normalized spacial score (nSPS) is 19.8. The lowest BCUT2D eigenvalue weighted by molar-refractivity contribution is 0.0526. The Hall–Kier alpha value is -4.04. The molecule has 10 nitrogen and oxygen atoms in total. The second-order valence-corrected chi connectivity index (χ2v) is 10.5. The molecule has 1 aromatic carbocycles. The van der Waals surface area contributed by atoms with E-state index in [2.05, 4.69) is 25.2 Å². The number of rotatable bonds is 6. The lowest BCUT2D eigenvalue weighted by Gasteiger charge is -2.39. The number of alkyl halides is 2. The monoisotopic (exact) mass is 589 g/mol. The Balaban J connectivity index is 1.56. The van der Waals surface area contributed by atoms with Crippen LogP contribution in [-0.2, 0) is 4.74 Å². The number of amides is 1. The summed E-state index contributed by atoms with van der Waals surface area (Å²) in [5.74, 6) is -2.72. The molecule has 3 aromatic rings. The number of H-pyrrole nitrogens is 1. The number of anilines is 3. The number of ether oxygens (including phenoxy) is 1. The standard InChI is InChI=1S/C28H31F4N7O3/c1-15-13-38(5-4-37(15)3)21-9-20(29)23(17-10-34-28(35-11-17)39-6-7-42-16(2)14-39)24(30)25(21)36-27(41)19-12-33-22(40)8-18(19)26(31)32/h8-12,15-16,26H,4-7,13-14H2,1-3H3,(H,33,40)(H,36,41)/t15-,16+/m0/s1. The summed E-state index contributed by atoms with van der Waals surface area (Å²) < 4.78 is 64.9. The summed E-state index contributed by atoms with van der Waals surface area (Å²) in [5.41, 5.74) is -2.94. The number of benzene rings is 1. The maximum absolute atomic E-state index is 16.3. The number of nitrogens with one attached hydrogen (secondary N) is 2. The van der Waals surface area contributed by atoms with Gasteiger partial charge < -0.3 is 29.7 Å². The highest BCUT2D eigenvalue weighted by Crippen LogP contribution is 2.39. The van der Waals surface area contributed by atoms with E-state index in [0.29, 0.717) is 51.3 Å². The van der Waals surface area contributed by atoms with Crippen LogP contribution in [0.15, 0.2) is 35.5 Å². The van der Waals surface area contributed by atoms with Crippen LogP contribution in [0, 0.1) is 11.6 Å². The van der Waals surface area contributed by atoms with E-state index in [-0.39, 0.29) is 29.1 Å². The molecule has 2 saturated heterocycles. The van der Waals surface area contributed by atoms with Gasteiger partial charge in [0.25, 0.3) is 12.3 Å². The van der Waals surface area contributed by atoms with Gasteiger partial charge in [-0.2, -0.15) is 0 Å². The van der Waals surface area contributed by atoms with Crippen LogP contribution >= 0.6 is 0 Å². The molecule has 5 rings (SSSR count). The molecular formula is C28H31F4N7O3. The van der Waals surface area contributed by atoms with E-state index in [1.54, 1.807) is 4.90 Å². The van der Waals surface area contributed by atoms with Crippen molar-refractivity contribution < 1.29 is 27.1 Å². The topological polar surface area (TPSA) is 107 Å². The first-order valence-electron chi connectivity index (χ1n) is 13.5. The van der Waals surface area contributed by atoms with Gasteiger partial charge in [-0.15, -0.1) is 0 Å². The molecule has 0 unspecified atom stereocenters. The van der Waals surface area contributed by atoms with Crippen molar-refractivity contribution in [2.45, 2.75) is 32.4 Å². The Labute approximate surface area is 239 Å². The summed E-state index contributed by atoms with van der Waals surface area (Å²) in [6, 6.07) is 1.76. The number of carbonyl (C=O) groups excluding carboxylic acids is 1. The van der Waals surface area contributed by atoms with E-state index in [0.717, 1.165) is 12.3 Å². The SMILES string of the molecule is C[C@@H]1CN(c2ncc(-c3c(F)cc(N4CCN(C)[C@@H](C)C4)c(NC(=O)c4c[nH]c(=O)cc4C(F)F)c3F)cn2)CCO1. The number of halogens is 4. The van der Waals surface area contributed by atoms with Crippen molar-refractivity contribution in [3.05, 3.63) is 63.8 Å². The highest BCUT2D eigenvalue weighted by atomic mass is 19.3. The van der Waals surface area contributed by atoms with Crippen molar-refractivity contribution in [2.75, 3.05) is 61.5 Å². The minimum Gasteiger partial charge on any atom is -0.375 e. The fraction of sp³-hybridized carbons (Fsp3) is 0.429. The summed E-state index contributed by atoms with van der Waals surface area (Å²) in [7, 11) is 1.93. The van der Waals surface area contributed by atoms with Gasteiger partial charge in [-0.25, -0.2) is 27.5 Å². The first-order valence-corrected chi connectivity index (χ1v) is 13.5. The molecule has 1 amide bonds. The minimum absolute atomic E-state index is 0.0269. The molecule has 0 bridgehead atoms. The lowest BCUT2D eigenvalue weighted by Crippen LogP contribution is -2.50. The van der Waals surface area contributed by atoms with Gasteiger partial charge in [-0.1, -0.05) is 0 Å². The van der Waals surface area contributed by atoms with E-state index in [1.165, 1.54) is 12.4 Å². The van der Waals surface area contributed by atoms with Gasteiger partial charge in [-0.05, 0) is 20.9 Å². The zero-order valence-corrected chi connectivity index (χ0v) is 23.3. The van der Waals surface area contributed by atoms with E-state index >= 15 is 8.78 Å². The molecule has 2 aliphatic heterocycles. The Morgan fingerprint density at radius 2 is 1.83 bits per heavy atom. The first kappa shape index (κ1) is 29.5. The number of likely N-dealkylation sites (N-methyl/N-ethyl adjacent to an activating group) is 1. The zero-order valence-electron chi connectivity index (χ0n) is 23.3. The van der Waals surface area contributed by atoms with Crippen LogP contribution in [0.1, 0.15) is 36.2 Å². The van der Waals surface area contributed by atoms with Crippen molar-refractivity contribution in [1.82, 2.24) is 19.9 Å². The molecular weight excluding hydrogens is 558 g/mol. The maximum Gasteiger partial charge on any atom is 0.264 e. The average molecular weight is 590 g/mol. The predicted molar refractivity (Wildman–Crippen MR) is 149 cm³/mol. The van der Waals surface area contributed by atoms with Crippen molar-refractivity contribution >= 4 is 23.2 Å². The van der Waals surface area contributed by atoms with Crippen molar-refractivity contribution in [1.29, 1.82) is 0 Å². The summed E-state index contributed by atoms with van der Waals surface area (Å²) in [6.07, 6.45) is 0.275. The smallest absolute Gasteiger partial charge is 0.264 e. The fourth-order valence-corrected chi connectivity index (χ4v) is 5.17. The molecule has 2 aliphatic rings. The third-order valence-electron chi connectivity index (χ3n) is 7.62. The molecule has 0 aliphatic carbocycles. The molecule has 0 spiro atoms. The molecule has 4 heterocycles. The predicted octanol–water partition coefficient (Wildman–Crippen LogP) is 3.67. The Morgan fingerprint density at radius 3 is 2.50 bits per heavy atom. The first-order chi connectivity index (χ1) is 20.0. The molecule has 2 N–H and O–H groups in total. The fourth-order valence-electron chi connectivity index (χ4n) is 5.17. The molecule has 14 heteroatoms. The number of aromatic nitrogens is 3. The van der Waals surface area contributed by atoms with Crippen molar-refractivity contribution in [2.24, 2.45) is 0 Å². The molecule has 2 fully saturated rings. The highest BCUT2D eigenvalue weighted by molar-refractivity contribution is 6.07. The van der Waals surface area contributed by atoms with Gasteiger partial charge in [0.1, 0.15) is 11.5 Å². The van der Waals surface area contributed by atoms with Gasteiger partial charge in [-0.3, -0.25) is 9.59 Å². The molecule has 0 radical (unpaired) electrons. The van der Waals surface area contributed by atoms with E-state index in [1.807, 2.05) is 25.8 Å². The van der Waals surface area contributed by atoms with Gasteiger partial charge in [0, 0.05) is 80.6 Å². The third kappa shape index (κ3) is 5.95. The largest absolute Gasteiger partial charge is 0.375 e. The molecule has 2 atom stereocenters. The van der Waals surface area contributed by atoms with E-state index < -0.39 is 46.2 Å². The van der Waals surface area contributed by atoms with Gasteiger partial charge >= 0.3 is 0 Å². The highest BCUT2D eigenvalue weighted by Gasteiger charge is 2.30. The van der Waals surface area contributed by atoms with Gasteiger partial charge in [0.05, 0.1) is 29.5 Å². The van der Waals surface area contributed by atoms with Crippen LogP contribution in [0.3, 0.4) is 0 Å². The maximum atomic E-state index is 16.3. The van der Waals surface area contributed by atoms with Crippen molar-refractivity contribution in [3.63, 3.8) is 0 Å². The molecule has 42 heavy (non-hydrogen) atoms. The molecule has 224 valence electrons. The minimum atomic E-state index is -3.13. The van der Waals surface area contributed by atoms with E-state index in [4.69, 9.17) is 4.74 Å². The van der Waals surface area contributed by atoms with Crippen LogP contribution in [0.4, 0.5) is 34.9 Å². The van der Waals surface area contributed by atoms with Crippen LogP contribution < -0.4 is 20.7 Å². The number of carbonyl (C=O) groups is 1. The number of piperazine rings is 1. The Bertz CT molecular complexity index is 1520. The zero-order chi connectivity index (χ0) is 30.1. The summed E-state index contributed by atoms with van der Waals surface area (Å²) in [5, 5.41) is 2.38. The second-order valence-electron chi connectivity index (χ2n) is 10.5. The number of hydrogen-bond acceptors (Lipinski definition) is 8. The van der Waals surface area contributed by atoms with Crippen LogP contribution in [0.5, 0.6) is 0 Å². The lowest BCUT2D eigenvalue weighted by atomic mass is 10.0. The number of aromatic amines is 1. The molecule has 0 saturated carbocycles.